The molecule has 0 radical (unpaired) electrons. The van der Waals surface area contributed by atoms with Crippen LogP contribution in [0.4, 0.5) is 11.6 Å². The maximum absolute atomic E-state index is 12.8. The van der Waals surface area contributed by atoms with Crippen molar-refractivity contribution in [3.05, 3.63) is 71.9 Å². The van der Waals surface area contributed by atoms with Gasteiger partial charge in [0.1, 0.15) is 28.7 Å². The Morgan fingerprint density at radius 2 is 1.94 bits per heavy atom. The van der Waals surface area contributed by atoms with Crippen molar-refractivity contribution in [2.75, 3.05) is 24.6 Å². The Labute approximate surface area is 198 Å². The zero-order chi connectivity index (χ0) is 23.8. The van der Waals surface area contributed by atoms with Crippen LogP contribution in [0.3, 0.4) is 0 Å². The van der Waals surface area contributed by atoms with Crippen molar-refractivity contribution < 1.29 is 4.79 Å². The predicted octanol–water partition coefficient (Wildman–Crippen LogP) is 4.52. The molecule has 34 heavy (non-hydrogen) atoms. The molecule has 1 aromatic carbocycles. The highest BCUT2D eigenvalue weighted by Gasteiger charge is 2.28. The van der Waals surface area contributed by atoms with Gasteiger partial charge in [0.2, 0.25) is 0 Å². The summed E-state index contributed by atoms with van der Waals surface area (Å²) in [5.41, 5.74) is 10.4. The number of nitrogens with two attached hydrogens (primary N) is 1. The molecular formula is C26H29N7O. The van der Waals surface area contributed by atoms with E-state index in [4.69, 9.17) is 10.7 Å². The number of carbonyl (C=O) groups is 1. The van der Waals surface area contributed by atoms with E-state index in [1.165, 1.54) is 0 Å². The summed E-state index contributed by atoms with van der Waals surface area (Å²) in [4.78, 5) is 28.7. The van der Waals surface area contributed by atoms with E-state index in [1.54, 1.807) is 24.5 Å². The van der Waals surface area contributed by atoms with Crippen molar-refractivity contribution >= 4 is 23.1 Å². The number of amides is 1. The van der Waals surface area contributed by atoms with E-state index < -0.39 is 0 Å². The molecule has 8 heteroatoms. The van der Waals surface area contributed by atoms with Gasteiger partial charge in [0, 0.05) is 29.7 Å². The number of fused-ring (bicyclic) bond motifs is 1. The second-order valence-corrected chi connectivity index (χ2v) is 9.15. The Balaban J connectivity index is 1.45. The van der Waals surface area contributed by atoms with Crippen molar-refractivity contribution in [3.63, 3.8) is 0 Å². The summed E-state index contributed by atoms with van der Waals surface area (Å²) in [6, 6.07) is 11.5. The molecule has 0 aliphatic carbocycles. The van der Waals surface area contributed by atoms with Gasteiger partial charge in [-0.25, -0.2) is 15.0 Å². The molecule has 1 saturated heterocycles. The monoisotopic (exact) mass is 455 g/mol. The number of nitrogen functional groups attached to an aromatic ring is 1. The lowest BCUT2D eigenvalue weighted by molar-refractivity contribution is 0.102. The molecule has 1 atom stereocenters. The first-order valence-corrected chi connectivity index (χ1v) is 11.6. The molecule has 4 aromatic rings. The molecular weight excluding hydrogens is 426 g/mol. The van der Waals surface area contributed by atoms with Crippen LogP contribution >= 0.6 is 0 Å². The molecule has 3 aromatic heterocycles. The van der Waals surface area contributed by atoms with Crippen LogP contribution in [-0.2, 0) is 0 Å². The highest BCUT2D eigenvalue weighted by molar-refractivity contribution is 6.04. The topological polar surface area (TPSA) is 101 Å². The first kappa shape index (κ1) is 22.0. The van der Waals surface area contributed by atoms with E-state index in [9.17, 15) is 4.79 Å². The summed E-state index contributed by atoms with van der Waals surface area (Å²) in [5, 5.41) is 2.89. The van der Waals surface area contributed by atoms with Crippen molar-refractivity contribution in [3.8, 4) is 11.3 Å². The van der Waals surface area contributed by atoms with Gasteiger partial charge >= 0.3 is 0 Å². The van der Waals surface area contributed by atoms with Gasteiger partial charge in [0.15, 0.2) is 0 Å². The summed E-state index contributed by atoms with van der Waals surface area (Å²) in [5.74, 6) is 2.11. The van der Waals surface area contributed by atoms with Crippen LogP contribution in [0.15, 0.2) is 55.0 Å². The van der Waals surface area contributed by atoms with Crippen molar-refractivity contribution in [2.45, 2.75) is 38.6 Å². The Hall–Kier alpha value is -3.78. The zero-order valence-electron chi connectivity index (χ0n) is 19.7. The van der Waals surface area contributed by atoms with Crippen molar-refractivity contribution in [1.82, 2.24) is 24.3 Å². The lowest BCUT2D eigenvalue weighted by Gasteiger charge is -2.18. The molecule has 8 nitrogen and oxygen atoms in total. The number of nitrogens with zero attached hydrogens (tertiary/aromatic N) is 5. The number of anilines is 2. The van der Waals surface area contributed by atoms with Crippen LogP contribution < -0.4 is 11.1 Å². The van der Waals surface area contributed by atoms with E-state index in [0.29, 0.717) is 23.1 Å². The second kappa shape index (κ2) is 8.87. The SMILES string of the molecule is CC(C)c1ccnc(NC(=O)c2ccc(-c3nc(C4CCCN4C)n4ccnc(N)c34)cc2)c1. The summed E-state index contributed by atoms with van der Waals surface area (Å²) in [6.07, 6.45) is 7.55. The fraction of sp³-hybridized carbons (Fsp3) is 0.308. The molecule has 4 heterocycles. The molecule has 174 valence electrons. The van der Waals surface area contributed by atoms with Crippen LogP contribution in [-0.4, -0.2) is 43.8 Å². The number of pyridine rings is 1. The largest absolute Gasteiger partial charge is 0.382 e. The number of imidazole rings is 1. The lowest BCUT2D eigenvalue weighted by atomic mass is 10.1. The summed E-state index contributed by atoms with van der Waals surface area (Å²) < 4.78 is 2.05. The maximum atomic E-state index is 12.8. The summed E-state index contributed by atoms with van der Waals surface area (Å²) in [7, 11) is 2.13. The highest BCUT2D eigenvalue weighted by atomic mass is 16.1. The number of likely N-dealkylation sites (tertiary alicyclic amines) is 1. The van der Waals surface area contributed by atoms with Crippen LogP contribution in [0.2, 0.25) is 0 Å². The molecule has 0 spiro atoms. The highest BCUT2D eigenvalue weighted by Crippen LogP contribution is 2.35. The Morgan fingerprint density at radius 3 is 2.65 bits per heavy atom. The second-order valence-electron chi connectivity index (χ2n) is 9.15. The summed E-state index contributed by atoms with van der Waals surface area (Å²) in [6.45, 7) is 5.27. The van der Waals surface area contributed by atoms with E-state index in [2.05, 4.69) is 45.5 Å². The van der Waals surface area contributed by atoms with Gasteiger partial charge in [-0.15, -0.1) is 0 Å². The smallest absolute Gasteiger partial charge is 0.256 e. The standard InChI is InChI=1S/C26H29N7O/c1-16(2)19-10-11-28-21(15-19)30-26(34)18-8-6-17(7-9-18)22-23-24(27)29-12-14-33(23)25(31-22)20-5-4-13-32(20)3/h6-12,14-16,20H,4-5,13H2,1-3H3,(H2,27,29)(H,28,30,34). The average Bonchev–Trinajstić information content (AvgIpc) is 3.43. The fourth-order valence-electron chi connectivity index (χ4n) is 4.60. The minimum Gasteiger partial charge on any atom is -0.382 e. The summed E-state index contributed by atoms with van der Waals surface area (Å²) >= 11 is 0. The molecule has 5 rings (SSSR count). The Kier molecular flexibility index (Phi) is 5.75. The zero-order valence-corrected chi connectivity index (χ0v) is 19.7. The third-order valence-electron chi connectivity index (χ3n) is 6.54. The van der Waals surface area contributed by atoms with Crippen LogP contribution in [0.5, 0.6) is 0 Å². The van der Waals surface area contributed by atoms with Gasteiger partial charge < -0.3 is 11.1 Å². The van der Waals surface area contributed by atoms with E-state index >= 15 is 0 Å². The van der Waals surface area contributed by atoms with E-state index in [1.807, 2.05) is 30.5 Å². The number of benzene rings is 1. The molecule has 1 amide bonds. The Morgan fingerprint density at radius 1 is 1.15 bits per heavy atom. The maximum Gasteiger partial charge on any atom is 0.256 e. The van der Waals surface area contributed by atoms with Gasteiger partial charge in [-0.2, -0.15) is 0 Å². The molecule has 1 unspecified atom stereocenters. The predicted molar refractivity (Wildman–Crippen MR) is 134 cm³/mol. The van der Waals surface area contributed by atoms with Gasteiger partial charge in [0.05, 0.1) is 6.04 Å². The normalized spacial score (nSPS) is 16.4. The van der Waals surface area contributed by atoms with Crippen LogP contribution in [0.25, 0.3) is 16.8 Å². The van der Waals surface area contributed by atoms with E-state index in [0.717, 1.165) is 47.5 Å². The van der Waals surface area contributed by atoms with Crippen molar-refractivity contribution in [2.24, 2.45) is 0 Å². The first-order valence-electron chi connectivity index (χ1n) is 11.6. The van der Waals surface area contributed by atoms with Gasteiger partial charge in [0.25, 0.3) is 5.91 Å². The molecule has 1 aliphatic heterocycles. The van der Waals surface area contributed by atoms with Crippen molar-refractivity contribution in [1.29, 1.82) is 0 Å². The first-order chi connectivity index (χ1) is 16.4. The third-order valence-corrected chi connectivity index (χ3v) is 6.54. The molecule has 0 bridgehead atoms. The number of hydrogen-bond donors (Lipinski definition) is 2. The average molecular weight is 456 g/mol. The van der Waals surface area contributed by atoms with Crippen LogP contribution in [0, 0.1) is 0 Å². The number of carbonyl (C=O) groups excluding carboxylic acids is 1. The number of rotatable bonds is 5. The molecule has 1 fully saturated rings. The molecule has 3 N–H and O–H groups in total. The third kappa shape index (κ3) is 4.01. The minimum atomic E-state index is -0.205. The lowest BCUT2D eigenvalue weighted by Crippen LogP contribution is -2.19. The molecule has 0 saturated carbocycles. The quantitative estimate of drug-likeness (QED) is 0.459. The van der Waals surface area contributed by atoms with Gasteiger partial charge in [-0.1, -0.05) is 26.0 Å². The van der Waals surface area contributed by atoms with Gasteiger partial charge in [-0.3, -0.25) is 14.1 Å². The number of hydrogen-bond acceptors (Lipinski definition) is 6. The number of nitrogens with one attached hydrogen (secondary N) is 1. The Bertz CT molecular complexity index is 1340. The van der Waals surface area contributed by atoms with E-state index in [-0.39, 0.29) is 11.9 Å². The van der Waals surface area contributed by atoms with Gasteiger partial charge in [-0.05, 0) is 62.2 Å². The number of aromatic nitrogens is 4. The fourth-order valence-corrected chi connectivity index (χ4v) is 4.60. The molecule has 1 aliphatic rings. The van der Waals surface area contributed by atoms with Crippen LogP contribution in [0.1, 0.15) is 60.4 Å². The minimum absolute atomic E-state index is 0.205.